The number of aromatic nitrogens is 2. The molecule has 0 bridgehead atoms. The first-order valence-electron chi connectivity index (χ1n) is 7.03. The van der Waals surface area contributed by atoms with Crippen LogP contribution in [0.2, 0.25) is 0 Å². The van der Waals surface area contributed by atoms with Gasteiger partial charge in [-0.25, -0.2) is 9.37 Å². The molecule has 0 radical (unpaired) electrons. The van der Waals surface area contributed by atoms with Crippen LogP contribution in [0.15, 0.2) is 36.4 Å². The van der Waals surface area contributed by atoms with E-state index in [0.29, 0.717) is 22.4 Å². The van der Waals surface area contributed by atoms with Gasteiger partial charge in [0.1, 0.15) is 17.7 Å². The van der Waals surface area contributed by atoms with Gasteiger partial charge in [-0.05, 0) is 35.9 Å². The molecule has 1 aliphatic heterocycles. The van der Waals surface area contributed by atoms with Crippen molar-refractivity contribution in [1.29, 1.82) is 0 Å². The summed E-state index contributed by atoms with van der Waals surface area (Å²) in [5.74, 6) is -0.104. The summed E-state index contributed by atoms with van der Waals surface area (Å²) in [7, 11) is 1.46. The van der Waals surface area contributed by atoms with Gasteiger partial charge in [0.15, 0.2) is 11.5 Å². The maximum Gasteiger partial charge on any atom is 0.586 e. The number of aromatic amines is 1. The van der Waals surface area contributed by atoms with Crippen molar-refractivity contribution in [3.63, 3.8) is 0 Å². The molecule has 1 aliphatic rings. The van der Waals surface area contributed by atoms with Crippen LogP contribution in [0.5, 0.6) is 11.5 Å². The molecule has 0 saturated carbocycles. The third kappa shape index (κ3) is 2.44. The van der Waals surface area contributed by atoms with Gasteiger partial charge in [-0.1, -0.05) is 6.07 Å². The zero-order valence-corrected chi connectivity index (χ0v) is 12.3. The highest BCUT2D eigenvalue weighted by Gasteiger charge is 2.43. The summed E-state index contributed by atoms with van der Waals surface area (Å²) in [6.07, 6.45) is -4.34. The summed E-state index contributed by atoms with van der Waals surface area (Å²) in [5.41, 5.74) is 1.62. The van der Waals surface area contributed by atoms with E-state index in [1.165, 1.54) is 37.4 Å². The number of ether oxygens (including phenoxy) is 3. The van der Waals surface area contributed by atoms with Crippen LogP contribution >= 0.6 is 0 Å². The molecule has 1 N–H and O–H groups in total. The Morgan fingerprint density at radius 2 is 1.92 bits per heavy atom. The van der Waals surface area contributed by atoms with E-state index in [1.807, 2.05) is 0 Å². The van der Waals surface area contributed by atoms with Gasteiger partial charge in [-0.2, -0.15) is 0 Å². The fourth-order valence-corrected chi connectivity index (χ4v) is 2.66. The fraction of sp³-hybridized carbons (Fsp3) is 0.188. The summed E-state index contributed by atoms with van der Waals surface area (Å²) in [5, 5.41) is 0. The molecule has 8 heteroatoms. The largest absolute Gasteiger partial charge is 0.586 e. The summed E-state index contributed by atoms with van der Waals surface area (Å²) >= 11 is 0. The number of rotatable bonds is 3. The quantitative estimate of drug-likeness (QED) is 0.791. The molecule has 3 aromatic rings. The Labute approximate surface area is 134 Å². The van der Waals surface area contributed by atoms with Crippen LogP contribution in [0, 0.1) is 5.82 Å². The molecule has 24 heavy (non-hydrogen) atoms. The lowest BCUT2D eigenvalue weighted by atomic mass is 10.1. The molecule has 0 amide bonds. The van der Waals surface area contributed by atoms with Gasteiger partial charge in [0.25, 0.3) is 0 Å². The third-order valence-corrected chi connectivity index (χ3v) is 3.67. The lowest BCUT2D eigenvalue weighted by Crippen LogP contribution is -2.25. The van der Waals surface area contributed by atoms with Crippen LogP contribution in [-0.4, -0.2) is 23.4 Å². The van der Waals surface area contributed by atoms with Gasteiger partial charge in [0, 0.05) is 7.11 Å². The van der Waals surface area contributed by atoms with Gasteiger partial charge < -0.3 is 19.2 Å². The zero-order chi connectivity index (χ0) is 16.9. The average molecular weight is 336 g/mol. The number of methoxy groups -OCH3 is 1. The number of H-pyrrole nitrogens is 1. The Bertz CT molecular complexity index is 926. The van der Waals surface area contributed by atoms with E-state index in [1.54, 1.807) is 6.07 Å². The highest BCUT2D eigenvalue weighted by Crippen LogP contribution is 2.42. The van der Waals surface area contributed by atoms with Gasteiger partial charge in [-0.3, -0.25) is 0 Å². The van der Waals surface area contributed by atoms with E-state index < -0.39 is 18.2 Å². The van der Waals surface area contributed by atoms with E-state index in [0.717, 1.165) is 0 Å². The SMILES string of the molecule is COC(c1ccc2c(c1)OC(F)(F)O2)c1nc2ccc(F)cc2[nH]1. The lowest BCUT2D eigenvalue weighted by Gasteiger charge is -2.13. The van der Waals surface area contributed by atoms with Crippen molar-refractivity contribution in [2.24, 2.45) is 0 Å². The summed E-state index contributed by atoms with van der Waals surface area (Å²) in [6, 6.07) is 8.51. The first-order chi connectivity index (χ1) is 11.4. The zero-order valence-electron chi connectivity index (χ0n) is 12.3. The van der Waals surface area contributed by atoms with Crippen molar-refractivity contribution in [2.75, 3.05) is 7.11 Å². The number of imidazole rings is 1. The second-order valence-electron chi connectivity index (χ2n) is 5.27. The van der Waals surface area contributed by atoms with E-state index >= 15 is 0 Å². The number of alkyl halides is 2. The van der Waals surface area contributed by atoms with E-state index in [9.17, 15) is 13.2 Å². The smallest absolute Gasteiger partial charge is 0.395 e. The van der Waals surface area contributed by atoms with Crippen LogP contribution in [0.1, 0.15) is 17.5 Å². The van der Waals surface area contributed by atoms with Crippen LogP contribution in [0.3, 0.4) is 0 Å². The first kappa shape index (κ1) is 14.8. The summed E-state index contributed by atoms with van der Waals surface area (Å²) in [6.45, 7) is 0. The second kappa shape index (κ2) is 5.13. The molecule has 1 aromatic heterocycles. The first-order valence-corrected chi connectivity index (χ1v) is 7.03. The molecule has 1 atom stereocenters. The molecule has 5 nitrogen and oxygen atoms in total. The van der Waals surface area contributed by atoms with E-state index in [4.69, 9.17) is 4.74 Å². The average Bonchev–Trinajstić information content (AvgIpc) is 3.05. The molecule has 0 fully saturated rings. The molecule has 0 saturated heterocycles. The predicted octanol–water partition coefficient (Wildman–Crippen LogP) is 3.76. The topological polar surface area (TPSA) is 56.4 Å². The monoisotopic (exact) mass is 336 g/mol. The van der Waals surface area contributed by atoms with Crippen molar-refractivity contribution >= 4 is 11.0 Å². The highest BCUT2D eigenvalue weighted by atomic mass is 19.3. The van der Waals surface area contributed by atoms with Crippen molar-refractivity contribution in [3.8, 4) is 11.5 Å². The summed E-state index contributed by atoms with van der Waals surface area (Å²) in [4.78, 5) is 7.33. The number of fused-ring (bicyclic) bond motifs is 2. The van der Waals surface area contributed by atoms with Crippen molar-refractivity contribution < 1.29 is 27.4 Å². The minimum atomic E-state index is -3.68. The Balaban J connectivity index is 1.73. The molecular weight excluding hydrogens is 325 g/mol. The van der Waals surface area contributed by atoms with Crippen LogP contribution < -0.4 is 9.47 Å². The molecular formula is C16H11F3N2O3. The van der Waals surface area contributed by atoms with Gasteiger partial charge in [0.2, 0.25) is 0 Å². The van der Waals surface area contributed by atoms with Crippen molar-refractivity contribution in [3.05, 3.63) is 53.6 Å². The van der Waals surface area contributed by atoms with Crippen LogP contribution in [-0.2, 0) is 4.74 Å². The van der Waals surface area contributed by atoms with Crippen molar-refractivity contribution in [1.82, 2.24) is 9.97 Å². The van der Waals surface area contributed by atoms with E-state index in [2.05, 4.69) is 19.4 Å². The summed E-state index contributed by atoms with van der Waals surface area (Å²) < 4.78 is 53.8. The van der Waals surface area contributed by atoms with Gasteiger partial charge >= 0.3 is 6.29 Å². The Hall–Kier alpha value is -2.74. The Morgan fingerprint density at radius 3 is 2.71 bits per heavy atom. The number of hydrogen-bond acceptors (Lipinski definition) is 4. The molecule has 2 heterocycles. The third-order valence-electron chi connectivity index (χ3n) is 3.67. The second-order valence-corrected chi connectivity index (χ2v) is 5.27. The Morgan fingerprint density at radius 1 is 1.12 bits per heavy atom. The van der Waals surface area contributed by atoms with E-state index in [-0.39, 0.29) is 11.5 Å². The van der Waals surface area contributed by atoms with Crippen LogP contribution in [0.25, 0.3) is 11.0 Å². The number of benzene rings is 2. The molecule has 124 valence electrons. The highest BCUT2D eigenvalue weighted by molar-refractivity contribution is 5.75. The van der Waals surface area contributed by atoms with Crippen LogP contribution in [0.4, 0.5) is 13.2 Å². The molecule has 0 spiro atoms. The number of nitrogens with zero attached hydrogens (tertiary/aromatic N) is 1. The van der Waals surface area contributed by atoms with Gasteiger partial charge in [0.05, 0.1) is 11.0 Å². The molecule has 2 aromatic carbocycles. The fourth-order valence-electron chi connectivity index (χ4n) is 2.66. The molecule has 0 aliphatic carbocycles. The van der Waals surface area contributed by atoms with Gasteiger partial charge in [-0.15, -0.1) is 8.78 Å². The number of halogens is 3. The Kier molecular flexibility index (Phi) is 3.17. The maximum atomic E-state index is 13.3. The molecule has 1 unspecified atom stereocenters. The minimum absolute atomic E-state index is 0.0507. The lowest BCUT2D eigenvalue weighted by molar-refractivity contribution is -0.286. The molecule has 4 rings (SSSR count). The minimum Gasteiger partial charge on any atom is -0.395 e. The normalized spacial score (nSPS) is 16.5. The predicted molar refractivity (Wildman–Crippen MR) is 77.5 cm³/mol. The van der Waals surface area contributed by atoms with Crippen molar-refractivity contribution in [2.45, 2.75) is 12.4 Å². The standard InChI is InChI=1S/C16H11F3N2O3/c1-22-14(15-20-10-4-3-9(17)7-11(10)21-15)8-2-5-12-13(6-8)24-16(18,19)23-12/h2-7,14H,1H3,(H,20,21). The number of hydrogen-bond donors (Lipinski definition) is 1. The number of nitrogens with one attached hydrogen (secondary N) is 1. The maximum absolute atomic E-state index is 13.3.